The number of aromatic nitrogens is 2. The quantitative estimate of drug-likeness (QED) is 0.758. The Hall–Kier alpha value is -1.27. The predicted octanol–water partition coefficient (Wildman–Crippen LogP) is 4.39. The third-order valence-electron chi connectivity index (χ3n) is 2.69. The largest absolute Gasteiger partial charge is 0.287 e. The highest BCUT2D eigenvalue weighted by Crippen LogP contribution is 2.26. The van der Waals surface area contributed by atoms with Crippen molar-refractivity contribution in [3.63, 3.8) is 0 Å². The van der Waals surface area contributed by atoms with E-state index in [-0.39, 0.29) is 21.2 Å². The lowest BCUT2D eigenvalue weighted by molar-refractivity contribution is 0.101. The van der Waals surface area contributed by atoms with Gasteiger partial charge in [-0.05, 0) is 26.0 Å². The van der Waals surface area contributed by atoms with Crippen molar-refractivity contribution in [2.45, 2.75) is 19.9 Å². The number of rotatable bonds is 3. The predicted molar refractivity (Wildman–Crippen MR) is 75.1 cm³/mol. The lowest BCUT2D eigenvalue weighted by atomic mass is 10.1. The van der Waals surface area contributed by atoms with Crippen molar-refractivity contribution < 1.29 is 13.6 Å². The first-order chi connectivity index (χ1) is 9.32. The van der Waals surface area contributed by atoms with Crippen LogP contribution in [-0.2, 0) is 0 Å². The molecule has 1 heterocycles. The molecular formula is C13H10BrClF2N2O. The second-order valence-electron chi connectivity index (χ2n) is 4.45. The minimum absolute atomic E-state index is 0.0261. The van der Waals surface area contributed by atoms with Crippen LogP contribution in [0.4, 0.5) is 8.78 Å². The highest BCUT2D eigenvalue weighted by atomic mass is 79.9. The topological polar surface area (TPSA) is 34.9 Å². The maximum absolute atomic E-state index is 13.9. The molecule has 0 aliphatic rings. The van der Waals surface area contributed by atoms with Gasteiger partial charge in [0.2, 0.25) is 5.78 Å². The van der Waals surface area contributed by atoms with Gasteiger partial charge in [-0.3, -0.25) is 9.48 Å². The molecule has 0 fully saturated rings. The van der Waals surface area contributed by atoms with Crippen LogP contribution in [0.25, 0.3) is 0 Å². The number of hydrogen-bond acceptors (Lipinski definition) is 2. The lowest BCUT2D eigenvalue weighted by Gasteiger charge is -2.11. The fraction of sp³-hybridized carbons (Fsp3) is 0.231. The third-order valence-corrected chi connectivity index (χ3v) is 3.42. The van der Waals surface area contributed by atoms with Crippen molar-refractivity contribution >= 4 is 33.3 Å². The molecule has 106 valence electrons. The molecule has 0 unspecified atom stereocenters. The van der Waals surface area contributed by atoms with Crippen molar-refractivity contribution in [1.29, 1.82) is 0 Å². The molecule has 7 heteroatoms. The summed E-state index contributed by atoms with van der Waals surface area (Å²) in [6.45, 7) is 3.57. The second-order valence-corrected chi connectivity index (χ2v) is 5.78. The molecule has 0 bridgehead atoms. The van der Waals surface area contributed by atoms with Crippen LogP contribution < -0.4 is 0 Å². The fourth-order valence-electron chi connectivity index (χ4n) is 1.82. The van der Waals surface area contributed by atoms with Gasteiger partial charge in [0.15, 0.2) is 0 Å². The summed E-state index contributed by atoms with van der Waals surface area (Å²) in [5, 5.41) is 4.01. The minimum Gasteiger partial charge on any atom is -0.287 e. The molecule has 0 atom stereocenters. The number of ketones is 1. The van der Waals surface area contributed by atoms with Crippen molar-refractivity contribution in [1.82, 2.24) is 9.78 Å². The number of carbonyl (C=O) groups excluding carboxylic acids is 1. The van der Waals surface area contributed by atoms with Gasteiger partial charge in [0.05, 0.1) is 16.8 Å². The Morgan fingerprint density at radius 2 is 1.90 bits per heavy atom. The molecule has 0 spiro atoms. The molecule has 1 aromatic carbocycles. The van der Waals surface area contributed by atoms with Crippen LogP contribution >= 0.6 is 27.5 Å². The van der Waals surface area contributed by atoms with E-state index < -0.39 is 23.0 Å². The molecule has 2 rings (SSSR count). The maximum Gasteiger partial charge on any atom is 0.218 e. The first-order valence-corrected chi connectivity index (χ1v) is 6.92. The molecule has 0 N–H and O–H groups in total. The van der Waals surface area contributed by atoms with Gasteiger partial charge < -0.3 is 0 Å². The standard InChI is InChI=1S/C13H10BrClF2N2O/c1-6(2)19-12(8(15)5-18-19)13(20)11-9(16)3-7(14)4-10(11)17/h3-6H,1-2H3. The van der Waals surface area contributed by atoms with Crippen molar-refractivity contribution in [2.24, 2.45) is 0 Å². The van der Waals surface area contributed by atoms with Crippen LogP contribution in [0.5, 0.6) is 0 Å². The van der Waals surface area contributed by atoms with Gasteiger partial charge in [-0.2, -0.15) is 5.10 Å². The zero-order chi connectivity index (χ0) is 15.0. The summed E-state index contributed by atoms with van der Waals surface area (Å²) >= 11 is 8.87. The summed E-state index contributed by atoms with van der Waals surface area (Å²) in [5.41, 5.74) is -0.667. The Morgan fingerprint density at radius 3 is 2.40 bits per heavy atom. The van der Waals surface area contributed by atoms with E-state index in [9.17, 15) is 13.6 Å². The lowest BCUT2D eigenvalue weighted by Crippen LogP contribution is -2.16. The van der Waals surface area contributed by atoms with E-state index in [1.807, 2.05) is 0 Å². The van der Waals surface area contributed by atoms with Crippen molar-refractivity contribution in [3.05, 3.63) is 50.7 Å². The van der Waals surface area contributed by atoms with Gasteiger partial charge in [-0.15, -0.1) is 0 Å². The highest BCUT2D eigenvalue weighted by molar-refractivity contribution is 9.10. The molecule has 2 aromatic rings. The zero-order valence-corrected chi connectivity index (χ0v) is 13.0. The summed E-state index contributed by atoms with van der Waals surface area (Å²) in [7, 11) is 0. The summed E-state index contributed by atoms with van der Waals surface area (Å²) in [6, 6.07) is 1.89. The van der Waals surface area contributed by atoms with Crippen LogP contribution in [0.3, 0.4) is 0 Å². The summed E-state index contributed by atoms with van der Waals surface area (Å²) in [6.07, 6.45) is 1.28. The highest BCUT2D eigenvalue weighted by Gasteiger charge is 2.26. The van der Waals surface area contributed by atoms with Gasteiger partial charge in [0.1, 0.15) is 17.3 Å². The number of benzene rings is 1. The normalized spacial score (nSPS) is 11.2. The Bertz CT molecular complexity index is 662. The minimum atomic E-state index is -0.950. The summed E-state index contributed by atoms with van der Waals surface area (Å²) < 4.78 is 29.3. The molecule has 20 heavy (non-hydrogen) atoms. The van der Waals surface area contributed by atoms with Crippen LogP contribution in [0.1, 0.15) is 35.9 Å². The molecule has 0 aliphatic carbocycles. The third kappa shape index (κ3) is 2.62. The fourth-order valence-corrected chi connectivity index (χ4v) is 2.44. The van der Waals surface area contributed by atoms with E-state index in [2.05, 4.69) is 21.0 Å². The van der Waals surface area contributed by atoms with Gasteiger partial charge in [0.25, 0.3) is 0 Å². The Morgan fingerprint density at radius 1 is 1.35 bits per heavy atom. The average molecular weight is 364 g/mol. The average Bonchev–Trinajstić information content (AvgIpc) is 2.69. The number of hydrogen-bond donors (Lipinski definition) is 0. The van der Waals surface area contributed by atoms with Gasteiger partial charge >= 0.3 is 0 Å². The SMILES string of the molecule is CC(C)n1ncc(Cl)c1C(=O)c1c(F)cc(Br)cc1F. The Labute approximate surface area is 127 Å². The zero-order valence-electron chi connectivity index (χ0n) is 10.6. The molecule has 0 saturated heterocycles. The molecule has 0 radical (unpaired) electrons. The Balaban J connectivity index is 2.61. The van der Waals surface area contributed by atoms with Gasteiger partial charge in [-0.1, -0.05) is 27.5 Å². The first kappa shape index (κ1) is 15.1. The number of halogens is 4. The number of carbonyl (C=O) groups is 1. The number of nitrogens with zero attached hydrogens (tertiary/aromatic N) is 2. The summed E-state index contributed by atoms with van der Waals surface area (Å²) in [5.74, 6) is -2.73. The van der Waals surface area contributed by atoms with Gasteiger partial charge in [0, 0.05) is 10.5 Å². The van der Waals surface area contributed by atoms with E-state index in [0.717, 1.165) is 12.1 Å². The molecule has 0 aliphatic heterocycles. The van der Waals surface area contributed by atoms with Crippen LogP contribution in [0, 0.1) is 11.6 Å². The monoisotopic (exact) mass is 362 g/mol. The van der Waals surface area contributed by atoms with Crippen LogP contribution in [0.15, 0.2) is 22.8 Å². The molecule has 3 nitrogen and oxygen atoms in total. The van der Waals surface area contributed by atoms with E-state index in [1.54, 1.807) is 13.8 Å². The van der Waals surface area contributed by atoms with Crippen molar-refractivity contribution in [2.75, 3.05) is 0 Å². The smallest absolute Gasteiger partial charge is 0.218 e. The first-order valence-electron chi connectivity index (χ1n) is 5.75. The van der Waals surface area contributed by atoms with E-state index in [1.165, 1.54) is 10.9 Å². The van der Waals surface area contributed by atoms with E-state index in [0.29, 0.717) is 0 Å². The molecule has 1 aromatic heterocycles. The Kier molecular flexibility index (Phi) is 4.25. The second kappa shape index (κ2) is 5.61. The van der Waals surface area contributed by atoms with Gasteiger partial charge in [-0.25, -0.2) is 8.78 Å². The van der Waals surface area contributed by atoms with Crippen LogP contribution in [-0.4, -0.2) is 15.6 Å². The van der Waals surface area contributed by atoms with E-state index >= 15 is 0 Å². The molecule has 0 amide bonds. The van der Waals surface area contributed by atoms with E-state index in [4.69, 9.17) is 11.6 Å². The molecular weight excluding hydrogens is 354 g/mol. The molecule has 0 saturated carbocycles. The van der Waals surface area contributed by atoms with Crippen LogP contribution in [0.2, 0.25) is 5.02 Å². The summed E-state index contributed by atoms with van der Waals surface area (Å²) in [4.78, 5) is 12.4. The maximum atomic E-state index is 13.9. The van der Waals surface area contributed by atoms with Crippen molar-refractivity contribution in [3.8, 4) is 0 Å².